The highest BCUT2D eigenvalue weighted by molar-refractivity contribution is 5.33. The summed E-state index contributed by atoms with van der Waals surface area (Å²) in [5, 5.41) is 3.30. The van der Waals surface area contributed by atoms with E-state index in [2.05, 4.69) is 24.9 Å². The highest BCUT2D eigenvalue weighted by Gasteiger charge is 2.00. The Morgan fingerprint density at radius 1 is 1.40 bits per heavy atom. The fourth-order valence-electron chi connectivity index (χ4n) is 1.30. The van der Waals surface area contributed by atoms with Gasteiger partial charge in [-0.2, -0.15) is 0 Å². The van der Waals surface area contributed by atoms with Gasteiger partial charge in [0.15, 0.2) is 0 Å². The molecule has 0 heterocycles. The van der Waals surface area contributed by atoms with Gasteiger partial charge in [0.05, 0.1) is 6.61 Å². The van der Waals surface area contributed by atoms with Crippen LogP contribution in [-0.2, 0) is 6.54 Å². The van der Waals surface area contributed by atoms with Crippen molar-refractivity contribution in [3.8, 4) is 5.75 Å². The van der Waals surface area contributed by atoms with Crippen LogP contribution in [0.2, 0.25) is 0 Å². The Balaban J connectivity index is 2.55. The summed E-state index contributed by atoms with van der Waals surface area (Å²) in [6.45, 7) is 8.31. The molecule has 1 aromatic carbocycles. The molecule has 0 radical (unpaired) electrons. The van der Waals surface area contributed by atoms with Crippen LogP contribution in [0.3, 0.4) is 0 Å². The van der Waals surface area contributed by atoms with Crippen molar-refractivity contribution in [2.45, 2.75) is 19.9 Å². The topological polar surface area (TPSA) is 21.3 Å². The lowest BCUT2D eigenvalue weighted by molar-refractivity contribution is 0.321. The van der Waals surface area contributed by atoms with E-state index in [9.17, 15) is 0 Å². The molecule has 0 bridgehead atoms. The second-order valence-electron chi connectivity index (χ2n) is 3.31. The molecule has 82 valence electrons. The number of ether oxygens (including phenoxy) is 1. The molecule has 0 aromatic heterocycles. The predicted molar refractivity (Wildman–Crippen MR) is 64.1 cm³/mol. The van der Waals surface area contributed by atoms with E-state index < -0.39 is 0 Å². The molecule has 1 aromatic rings. The molecule has 0 aliphatic heterocycles. The second kappa shape index (κ2) is 7.07. The Hall–Kier alpha value is -1.28. The molecule has 0 aliphatic carbocycles. The maximum absolute atomic E-state index is 5.66. The van der Waals surface area contributed by atoms with E-state index in [1.54, 1.807) is 0 Å². The van der Waals surface area contributed by atoms with Crippen LogP contribution in [0.1, 0.15) is 18.9 Å². The molecule has 0 amide bonds. The van der Waals surface area contributed by atoms with Crippen molar-refractivity contribution in [3.05, 3.63) is 42.5 Å². The molecular formula is C13H19NO. The minimum absolute atomic E-state index is 0.701. The van der Waals surface area contributed by atoms with Crippen molar-refractivity contribution in [2.75, 3.05) is 13.2 Å². The Labute approximate surface area is 92.0 Å². The lowest BCUT2D eigenvalue weighted by atomic mass is 10.2. The zero-order chi connectivity index (χ0) is 10.9. The van der Waals surface area contributed by atoms with Gasteiger partial charge in [0.2, 0.25) is 0 Å². The van der Waals surface area contributed by atoms with Crippen LogP contribution in [-0.4, -0.2) is 13.2 Å². The van der Waals surface area contributed by atoms with Crippen molar-refractivity contribution in [3.63, 3.8) is 0 Å². The first-order chi connectivity index (χ1) is 7.38. The summed E-state index contributed by atoms with van der Waals surface area (Å²) in [4.78, 5) is 0. The number of rotatable bonds is 7. The van der Waals surface area contributed by atoms with Gasteiger partial charge in [-0.1, -0.05) is 31.2 Å². The van der Waals surface area contributed by atoms with E-state index in [1.165, 1.54) is 5.56 Å². The first kappa shape index (κ1) is 11.8. The molecule has 1 rings (SSSR count). The van der Waals surface area contributed by atoms with Crippen molar-refractivity contribution in [1.29, 1.82) is 0 Å². The van der Waals surface area contributed by atoms with Crippen LogP contribution in [0.5, 0.6) is 5.75 Å². The maximum Gasteiger partial charge on any atom is 0.123 e. The number of hydrogen-bond donors (Lipinski definition) is 1. The molecule has 2 heteroatoms. The average Bonchev–Trinajstić information content (AvgIpc) is 2.28. The average molecular weight is 205 g/mol. The van der Waals surface area contributed by atoms with Gasteiger partial charge in [0.25, 0.3) is 0 Å². The van der Waals surface area contributed by atoms with Gasteiger partial charge in [0, 0.05) is 12.1 Å². The van der Waals surface area contributed by atoms with E-state index in [4.69, 9.17) is 4.74 Å². The zero-order valence-electron chi connectivity index (χ0n) is 9.33. The van der Waals surface area contributed by atoms with Crippen molar-refractivity contribution < 1.29 is 4.74 Å². The molecule has 15 heavy (non-hydrogen) atoms. The van der Waals surface area contributed by atoms with Gasteiger partial charge in [0.1, 0.15) is 5.75 Å². The first-order valence-corrected chi connectivity index (χ1v) is 5.40. The van der Waals surface area contributed by atoms with Crippen LogP contribution in [0.15, 0.2) is 36.9 Å². The largest absolute Gasteiger partial charge is 0.493 e. The standard InChI is InChI=1S/C13H19NO/c1-3-5-10-15-13-9-7-6-8-12(13)11-14-4-2/h3,6-9,14H,1,4-5,10-11H2,2H3. The molecule has 0 aliphatic rings. The van der Waals surface area contributed by atoms with Crippen LogP contribution >= 0.6 is 0 Å². The van der Waals surface area contributed by atoms with E-state index >= 15 is 0 Å². The first-order valence-electron chi connectivity index (χ1n) is 5.40. The van der Waals surface area contributed by atoms with Crippen LogP contribution in [0, 0.1) is 0 Å². The van der Waals surface area contributed by atoms with Gasteiger partial charge in [-0.15, -0.1) is 6.58 Å². The molecule has 0 saturated heterocycles. The Kier molecular flexibility index (Phi) is 5.56. The van der Waals surface area contributed by atoms with E-state index in [1.807, 2.05) is 24.3 Å². The number of nitrogens with one attached hydrogen (secondary N) is 1. The summed E-state index contributed by atoms with van der Waals surface area (Å²) >= 11 is 0. The van der Waals surface area contributed by atoms with Crippen LogP contribution < -0.4 is 10.1 Å². The fourth-order valence-corrected chi connectivity index (χ4v) is 1.30. The number of benzene rings is 1. The van der Waals surface area contributed by atoms with Crippen molar-refractivity contribution in [2.24, 2.45) is 0 Å². The van der Waals surface area contributed by atoms with Gasteiger partial charge >= 0.3 is 0 Å². The minimum atomic E-state index is 0.701. The van der Waals surface area contributed by atoms with E-state index in [0.29, 0.717) is 6.61 Å². The van der Waals surface area contributed by atoms with E-state index in [0.717, 1.165) is 25.3 Å². The van der Waals surface area contributed by atoms with Gasteiger partial charge in [-0.25, -0.2) is 0 Å². The molecule has 0 atom stereocenters. The van der Waals surface area contributed by atoms with Crippen molar-refractivity contribution >= 4 is 0 Å². The summed E-state index contributed by atoms with van der Waals surface area (Å²) in [5.74, 6) is 0.973. The third-order valence-corrected chi connectivity index (χ3v) is 2.12. The lowest BCUT2D eigenvalue weighted by Gasteiger charge is -2.10. The monoisotopic (exact) mass is 205 g/mol. The molecular weight excluding hydrogens is 186 g/mol. The summed E-state index contributed by atoms with van der Waals surface area (Å²) in [5.41, 5.74) is 1.21. The minimum Gasteiger partial charge on any atom is -0.493 e. The second-order valence-corrected chi connectivity index (χ2v) is 3.31. The normalized spacial score (nSPS) is 9.93. The smallest absolute Gasteiger partial charge is 0.123 e. The highest BCUT2D eigenvalue weighted by atomic mass is 16.5. The number of hydrogen-bond acceptors (Lipinski definition) is 2. The highest BCUT2D eigenvalue weighted by Crippen LogP contribution is 2.17. The summed E-state index contributed by atoms with van der Waals surface area (Å²) in [6.07, 6.45) is 2.75. The molecule has 0 fully saturated rings. The quantitative estimate of drug-likeness (QED) is 0.546. The summed E-state index contributed by atoms with van der Waals surface area (Å²) in [7, 11) is 0. The maximum atomic E-state index is 5.66. The third kappa shape index (κ3) is 4.17. The zero-order valence-corrected chi connectivity index (χ0v) is 9.33. The lowest BCUT2D eigenvalue weighted by Crippen LogP contribution is -2.12. The van der Waals surface area contributed by atoms with Gasteiger partial charge in [-0.3, -0.25) is 0 Å². The van der Waals surface area contributed by atoms with Gasteiger partial charge < -0.3 is 10.1 Å². The third-order valence-electron chi connectivity index (χ3n) is 2.12. The Morgan fingerprint density at radius 3 is 2.93 bits per heavy atom. The van der Waals surface area contributed by atoms with Crippen LogP contribution in [0.4, 0.5) is 0 Å². The molecule has 0 saturated carbocycles. The van der Waals surface area contributed by atoms with Crippen LogP contribution in [0.25, 0.3) is 0 Å². The number of para-hydroxylation sites is 1. The summed E-state index contributed by atoms with van der Waals surface area (Å²) < 4.78 is 5.66. The molecule has 2 nitrogen and oxygen atoms in total. The predicted octanol–water partition coefficient (Wildman–Crippen LogP) is 2.75. The summed E-state index contributed by atoms with van der Waals surface area (Å²) in [6, 6.07) is 8.13. The SMILES string of the molecule is C=CCCOc1ccccc1CNCC. The Morgan fingerprint density at radius 2 is 2.20 bits per heavy atom. The molecule has 0 unspecified atom stereocenters. The fraction of sp³-hybridized carbons (Fsp3) is 0.385. The van der Waals surface area contributed by atoms with Crippen molar-refractivity contribution in [1.82, 2.24) is 5.32 Å². The van der Waals surface area contributed by atoms with Gasteiger partial charge in [-0.05, 0) is 19.0 Å². The Bertz CT molecular complexity index is 296. The molecule has 1 N–H and O–H groups in total. The molecule has 0 spiro atoms. The van der Waals surface area contributed by atoms with E-state index in [-0.39, 0.29) is 0 Å².